The summed E-state index contributed by atoms with van der Waals surface area (Å²) in [4.78, 5) is 29.4. The van der Waals surface area contributed by atoms with Crippen LogP contribution < -0.4 is 5.56 Å². The lowest BCUT2D eigenvalue weighted by atomic mass is 10.1. The molecule has 0 saturated heterocycles. The Morgan fingerprint density at radius 3 is 2.36 bits per heavy atom. The number of benzene rings is 2. The lowest BCUT2D eigenvalue weighted by Gasteiger charge is -2.04. The zero-order chi connectivity index (χ0) is 17.2. The molecule has 2 heterocycles. The fraction of sp³-hybridized carbons (Fsp3) is 0.0526. The standard InChI is InChI=1S/C19H13N3O3/c23-17(14-9-5-2-6-10-14)18-15-16(21-25-18)19(24)22(12-20-15)11-13-7-3-1-4-8-13/h1-10,12H,11H2. The summed E-state index contributed by atoms with van der Waals surface area (Å²) in [7, 11) is 0. The minimum absolute atomic E-state index is 0.0230. The van der Waals surface area contributed by atoms with E-state index >= 15 is 0 Å². The van der Waals surface area contributed by atoms with E-state index in [9.17, 15) is 9.59 Å². The molecule has 122 valence electrons. The molecule has 4 aromatic rings. The maximum Gasteiger partial charge on any atom is 0.283 e. The average Bonchev–Trinajstić information content (AvgIpc) is 3.10. The minimum Gasteiger partial charge on any atom is -0.349 e. The van der Waals surface area contributed by atoms with E-state index in [0.717, 1.165) is 5.56 Å². The Labute approximate surface area is 142 Å². The Kier molecular flexibility index (Phi) is 3.70. The second-order valence-electron chi connectivity index (χ2n) is 5.57. The number of ketones is 1. The molecule has 0 unspecified atom stereocenters. The van der Waals surface area contributed by atoms with E-state index < -0.39 is 0 Å². The third-order valence-corrected chi connectivity index (χ3v) is 3.90. The SMILES string of the molecule is O=C(c1ccccc1)c1onc2c(=O)n(Cc3ccccc3)cnc12. The second kappa shape index (κ2) is 6.16. The first-order valence-corrected chi connectivity index (χ1v) is 7.72. The molecule has 0 bridgehead atoms. The second-order valence-corrected chi connectivity index (χ2v) is 5.57. The maximum absolute atomic E-state index is 12.6. The van der Waals surface area contributed by atoms with E-state index in [1.165, 1.54) is 10.9 Å². The van der Waals surface area contributed by atoms with Gasteiger partial charge in [-0.3, -0.25) is 14.2 Å². The molecule has 25 heavy (non-hydrogen) atoms. The van der Waals surface area contributed by atoms with Crippen LogP contribution in [-0.2, 0) is 6.54 Å². The zero-order valence-electron chi connectivity index (χ0n) is 13.1. The third-order valence-electron chi connectivity index (χ3n) is 3.90. The first-order chi connectivity index (χ1) is 12.2. The van der Waals surface area contributed by atoms with Crippen LogP contribution in [0.4, 0.5) is 0 Å². The van der Waals surface area contributed by atoms with E-state index in [4.69, 9.17) is 4.52 Å². The molecule has 6 heteroatoms. The van der Waals surface area contributed by atoms with E-state index in [1.807, 2.05) is 36.4 Å². The Bertz CT molecular complexity index is 1100. The van der Waals surface area contributed by atoms with Crippen LogP contribution in [0.5, 0.6) is 0 Å². The first-order valence-electron chi connectivity index (χ1n) is 7.72. The van der Waals surface area contributed by atoms with Crippen molar-refractivity contribution >= 4 is 16.8 Å². The Morgan fingerprint density at radius 2 is 1.64 bits per heavy atom. The molecule has 2 aromatic carbocycles. The van der Waals surface area contributed by atoms with Crippen LogP contribution in [0, 0.1) is 0 Å². The summed E-state index contributed by atoms with van der Waals surface area (Å²) in [5, 5.41) is 3.78. The number of fused-ring (bicyclic) bond motifs is 1. The Morgan fingerprint density at radius 1 is 0.960 bits per heavy atom. The molecule has 0 aliphatic heterocycles. The number of hydrogen-bond donors (Lipinski definition) is 0. The highest BCUT2D eigenvalue weighted by molar-refractivity contribution is 6.12. The van der Waals surface area contributed by atoms with Gasteiger partial charge in [-0.15, -0.1) is 0 Å². The van der Waals surface area contributed by atoms with Crippen molar-refractivity contribution in [3.05, 3.63) is 94.2 Å². The fourth-order valence-corrected chi connectivity index (χ4v) is 2.62. The van der Waals surface area contributed by atoms with Gasteiger partial charge in [-0.1, -0.05) is 65.8 Å². The third kappa shape index (κ3) is 2.74. The lowest BCUT2D eigenvalue weighted by Crippen LogP contribution is -2.21. The Hall–Kier alpha value is -3.54. The van der Waals surface area contributed by atoms with Gasteiger partial charge < -0.3 is 4.52 Å². The maximum atomic E-state index is 12.6. The van der Waals surface area contributed by atoms with Crippen LogP contribution in [0.15, 0.2) is 76.3 Å². The first kappa shape index (κ1) is 15.0. The van der Waals surface area contributed by atoms with Gasteiger partial charge in [0.05, 0.1) is 12.9 Å². The normalized spacial score (nSPS) is 10.9. The van der Waals surface area contributed by atoms with Crippen LogP contribution >= 0.6 is 0 Å². The van der Waals surface area contributed by atoms with Crippen molar-refractivity contribution in [2.75, 3.05) is 0 Å². The summed E-state index contributed by atoms with van der Waals surface area (Å²) < 4.78 is 6.58. The van der Waals surface area contributed by atoms with Gasteiger partial charge in [-0.05, 0) is 5.56 Å². The number of aromatic nitrogens is 3. The molecule has 0 N–H and O–H groups in total. The van der Waals surface area contributed by atoms with Gasteiger partial charge in [0.25, 0.3) is 5.56 Å². The highest BCUT2D eigenvalue weighted by Gasteiger charge is 2.22. The van der Waals surface area contributed by atoms with Gasteiger partial charge in [0.15, 0.2) is 5.52 Å². The predicted octanol–water partition coefficient (Wildman–Crippen LogP) is 2.66. The molecule has 0 amide bonds. The number of carbonyl (C=O) groups is 1. The van der Waals surface area contributed by atoms with E-state index in [0.29, 0.717) is 12.1 Å². The highest BCUT2D eigenvalue weighted by atomic mass is 16.5. The lowest BCUT2D eigenvalue weighted by molar-refractivity contribution is 0.100. The van der Waals surface area contributed by atoms with E-state index in [2.05, 4.69) is 10.1 Å². The number of carbonyl (C=O) groups excluding carboxylic acids is 1. The van der Waals surface area contributed by atoms with E-state index in [-0.39, 0.29) is 28.1 Å². The summed E-state index contributed by atoms with van der Waals surface area (Å²) in [5.41, 5.74) is 1.32. The predicted molar refractivity (Wildman–Crippen MR) is 91.5 cm³/mol. The van der Waals surface area contributed by atoms with Crippen molar-refractivity contribution in [1.29, 1.82) is 0 Å². The summed E-state index contributed by atoms with van der Waals surface area (Å²) in [5.74, 6) is -0.374. The van der Waals surface area contributed by atoms with Crippen LogP contribution in [0.3, 0.4) is 0 Å². The molecule has 4 rings (SSSR count). The topological polar surface area (TPSA) is 78.0 Å². The highest BCUT2D eigenvalue weighted by Crippen LogP contribution is 2.17. The summed E-state index contributed by atoms with van der Waals surface area (Å²) >= 11 is 0. The molecule has 0 fully saturated rings. The van der Waals surface area contributed by atoms with Crippen molar-refractivity contribution in [2.24, 2.45) is 0 Å². The van der Waals surface area contributed by atoms with E-state index in [1.54, 1.807) is 24.3 Å². The number of nitrogens with zero attached hydrogens (tertiary/aromatic N) is 3. The summed E-state index contributed by atoms with van der Waals surface area (Å²) in [6.45, 7) is 0.372. The fourth-order valence-electron chi connectivity index (χ4n) is 2.62. The number of hydrogen-bond acceptors (Lipinski definition) is 5. The molecule has 6 nitrogen and oxygen atoms in total. The zero-order valence-corrected chi connectivity index (χ0v) is 13.1. The van der Waals surface area contributed by atoms with Crippen LogP contribution in [0.2, 0.25) is 0 Å². The quantitative estimate of drug-likeness (QED) is 0.537. The van der Waals surface area contributed by atoms with Crippen molar-refractivity contribution in [3.63, 3.8) is 0 Å². The molecule has 0 spiro atoms. The van der Waals surface area contributed by atoms with Crippen molar-refractivity contribution in [1.82, 2.24) is 14.7 Å². The molecular formula is C19H13N3O3. The molecular weight excluding hydrogens is 318 g/mol. The minimum atomic E-state index is -0.351. The number of rotatable bonds is 4. The Balaban J connectivity index is 1.75. The molecule has 0 aliphatic carbocycles. The van der Waals surface area contributed by atoms with Crippen LogP contribution in [-0.4, -0.2) is 20.5 Å². The van der Waals surface area contributed by atoms with Gasteiger partial charge in [-0.25, -0.2) is 4.98 Å². The smallest absolute Gasteiger partial charge is 0.283 e. The monoisotopic (exact) mass is 331 g/mol. The summed E-state index contributed by atoms with van der Waals surface area (Å²) in [6, 6.07) is 18.2. The average molecular weight is 331 g/mol. The molecule has 0 aliphatic rings. The van der Waals surface area contributed by atoms with Gasteiger partial charge in [0.2, 0.25) is 11.5 Å². The molecule has 0 radical (unpaired) electrons. The van der Waals surface area contributed by atoms with Crippen molar-refractivity contribution in [2.45, 2.75) is 6.54 Å². The van der Waals surface area contributed by atoms with Crippen LogP contribution in [0.25, 0.3) is 11.0 Å². The van der Waals surface area contributed by atoms with Gasteiger partial charge >= 0.3 is 0 Å². The molecule has 0 saturated carbocycles. The van der Waals surface area contributed by atoms with Gasteiger partial charge in [0, 0.05) is 5.56 Å². The van der Waals surface area contributed by atoms with Gasteiger partial charge in [0.1, 0.15) is 5.52 Å². The van der Waals surface area contributed by atoms with Crippen molar-refractivity contribution in [3.8, 4) is 0 Å². The summed E-state index contributed by atoms with van der Waals surface area (Å²) in [6.07, 6.45) is 1.41. The molecule has 0 atom stereocenters. The molecule has 2 aromatic heterocycles. The largest absolute Gasteiger partial charge is 0.349 e. The van der Waals surface area contributed by atoms with Gasteiger partial charge in [-0.2, -0.15) is 0 Å². The van der Waals surface area contributed by atoms with Crippen LogP contribution in [0.1, 0.15) is 21.7 Å². The van der Waals surface area contributed by atoms with Crippen molar-refractivity contribution < 1.29 is 9.32 Å².